The molecule has 3 aromatic rings. The normalized spacial score (nSPS) is 10.2. The van der Waals surface area contributed by atoms with Crippen LogP contribution in [0.1, 0.15) is 0 Å². The third-order valence-corrected chi connectivity index (χ3v) is 4.14. The van der Waals surface area contributed by atoms with Crippen LogP contribution < -0.4 is 24.8 Å². The van der Waals surface area contributed by atoms with Crippen LogP contribution in [-0.4, -0.2) is 37.8 Å². The fourth-order valence-corrected chi connectivity index (χ4v) is 2.81. The lowest BCUT2D eigenvalue weighted by Crippen LogP contribution is -2.06. The molecule has 0 fully saturated rings. The molecular weight excluding hydrogens is 368 g/mol. The van der Waals surface area contributed by atoms with Crippen LogP contribution in [-0.2, 0) is 0 Å². The zero-order valence-electron chi connectivity index (χ0n) is 16.7. The van der Waals surface area contributed by atoms with Gasteiger partial charge in [-0.25, -0.2) is 4.98 Å². The Kier molecular flexibility index (Phi) is 6.52. The standard InChI is InChI=1S/C22H24N4O3/c1-5-11-23-22-25-17(15-9-7-6-8-10-15)14-20(26-22)24-16-12-18(27-2)21(29-4)19(13-16)28-3/h5-10,12-14H,1,11H2,2-4H3,(H2,23,24,25,26). The number of hydrogen-bond donors (Lipinski definition) is 2. The molecule has 150 valence electrons. The fourth-order valence-electron chi connectivity index (χ4n) is 2.81. The molecule has 0 aliphatic heterocycles. The van der Waals surface area contributed by atoms with Gasteiger partial charge in [-0.15, -0.1) is 6.58 Å². The number of methoxy groups -OCH3 is 3. The van der Waals surface area contributed by atoms with Crippen LogP contribution in [0.2, 0.25) is 0 Å². The number of nitrogens with one attached hydrogen (secondary N) is 2. The van der Waals surface area contributed by atoms with Crippen LogP contribution in [0, 0.1) is 0 Å². The topological polar surface area (TPSA) is 77.5 Å². The number of nitrogens with zero attached hydrogens (tertiary/aromatic N) is 2. The number of rotatable bonds is 9. The molecule has 0 atom stereocenters. The second-order valence-corrected chi connectivity index (χ2v) is 6.04. The summed E-state index contributed by atoms with van der Waals surface area (Å²) >= 11 is 0. The monoisotopic (exact) mass is 392 g/mol. The summed E-state index contributed by atoms with van der Waals surface area (Å²) in [7, 11) is 4.73. The van der Waals surface area contributed by atoms with E-state index in [1.165, 1.54) is 0 Å². The van der Waals surface area contributed by atoms with Crippen LogP contribution in [0.3, 0.4) is 0 Å². The Morgan fingerprint density at radius 2 is 1.62 bits per heavy atom. The second kappa shape index (κ2) is 9.45. The van der Waals surface area contributed by atoms with E-state index < -0.39 is 0 Å². The molecule has 29 heavy (non-hydrogen) atoms. The van der Waals surface area contributed by atoms with Gasteiger partial charge >= 0.3 is 0 Å². The molecule has 0 saturated heterocycles. The average Bonchev–Trinajstić information content (AvgIpc) is 2.77. The van der Waals surface area contributed by atoms with Crippen molar-refractivity contribution in [2.75, 3.05) is 38.5 Å². The van der Waals surface area contributed by atoms with Gasteiger partial charge in [-0.2, -0.15) is 4.98 Å². The molecule has 1 aromatic heterocycles. The van der Waals surface area contributed by atoms with Gasteiger partial charge in [0.25, 0.3) is 0 Å². The van der Waals surface area contributed by atoms with E-state index in [4.69, 9.17) is 14.2 Å². The van der Waals surface area contributed by atoms with Gasteiger partial charge in [-0.1, -0.05) is 36.4 Å². The maximum atomic E-state index is 5.43. The van der Waals surface area contributed by atoms with Gasteiger partial charge in [-0.3, -0.25) is 0 Å². The minimum absolute atomic E-state index is 0.501. The van der Waals surface area contributed by atoms with Crippen LogP contribution in [0.4, 0.5) is 17.5 Å². The van der Waals surface area contributed by atoms with E-state index in [0.29, 0.717) is 35.6 Å². The molecule has 0 amide bonds. The van der Waals surface area contributed by atoms with E-state index in [9.17, 15) is 0 Å². The Balaban J connectivity index is 2.00. The Morgan fingerprint density at radius 3 is 2.21 bits per heavy atom. The molecule has 7 heteroatoms. The first-order valence-electron chi connectivity index (χ1n) is 9.04. The van der Waals surface area contributed by atoms with Crippen molar-refractivity contribution < 1.29 is 14.2 Å². The Bertz CT molecular complexity index is 952. The Morgan fingerprint density at radius 1 is 0.931 bits per heavy atom. The summed E-state index contributed by atoms with van der Waals surface area (Å²) < 4.78 is 16.2. The lowest BCUT2D eigenvalue weighted by atomic mass is 10.1. The van der Waals surface area contributed by atoms with E-state index >= 15 is 0 Å². The third-order valence-electron chi connectivity index (χ3n) is 4.14. The van der Waals surface area contributed by atoms with E-state index in [0.717, 1.165) is 16.9 Å². The predicted octanol–water partition coefficient (Wildman–Crippen LogP) is 4.51. The molecule has 1 heterocycles. The number of benzene rings is 2. The minimum atomic E-state index is 0.501. The van der Waals surface area contributed by atoms with Crippen molar-refractivity contribution in [3.8, 4) is 28.5 Å². The highest BCUT2D eigenvalue weighted by molar-refractivity contribution is 5.70. The van der Waals surface area contributed by atoms with Gasteiger partial charge < -0.3 is 24.8 Å². The van der Waals surface area contributed by atoms with Crippen LogP contribution in [0.25, 0.3) is 11.3 Å². The highest BCUT2D eigenvalue weighted by atomic mass is 16.5. The van der Waals surface area contributed by atoms with Crippen molar-refractivity contribution >= 4 is 17.5 Å². The minimum Gasteiger partial charge on any atom is -0.493 e. The highest BCUT2D eigenvalue weighted by Gasteiger charge is 2.14. The van der Waals surface area contributed by atoms with Crippen molar-refractivity contribution in [1.29, 1.82) is 0 Å². The zero-order valence-corrected chi connectivity index (χ0v) is 16.7. The van der Waals surface area contributed by atoms with Gasteiger partial charge in [0.15, 0.2) is 11.5 Å². The molecule has 2 aromatic carbocycles. The first kappa shape index (κ1) is 20.0. The predicted molar refractivity (Wildman–Crippen MR) is 116 cm³/mol. The van der Waals surface area contributed by atoms with Gasteiger partial charge in [-0.05, 0) is 0 Å². The van der Waals surface area contributed by atoms with Crippen molar-refractivity contribution in [1.82, 2.24) is 9.97 Å². The Hall–Kier alpha value is -3.74. The zero-order chi connectivity index (χ0) is 20.6. The Labute approximate surface area is 170 Å². The van der Waals surface area contributed by atoms with Crippen molar-refractivity contribution in [2.24, 2.45) is 0 Å². The molecule has 3 rings (SSSR count). The average molecular weight is 392 g/mol. The summed E-state index contributed by atoms with van der Waals surface area (Å²) in [5, 5.41) is 6.44. The summed E-state index contributed by atoms with van der Waals surface area (Å²) in [6.07, 6.45) is 1.75. The maximum absolute atomic E-state index is 5.43. The van der Waals surface area contributed by atoms with Crippen LogP contribution in [0.15, 0.2) is 61.2 Å². The van der Waals surface area contributed by atoms with Gasteiger partial charge in [0.05, 0.1) is 27.0 Å². The smallest absolute Gasteiger partial charge is 0.225 e. The number of anilines is 3. The van der Waals surface area contributed by atoms with Crippen molar-refractivity contribution in [2.45, 2.75) is 0 Å². The van der Waals surface area contributed by atoms with Crippen molar-refractivity contribution in [3.63, 3.8) is 0 Å². The molecule has 0 unspecified atom stereocenters. The lowest BCUT2D eigenvalue weighted by Gasteiger charge is -2.15. The molecule has 0 saturated carbocycles. The quantitative estimate of drug-likeness (QED) is 0.519. The highest BCUT2D eigenvalue weighted by Crippen LogP contribution is 2.40. The summed E-state index contributed by atoms with van der Waals surface area (Å²) in [6, 6.07) is 15.5. The van der Waals surface area contributed by atoms with E-state index in [2.05, 4.69) is 27.2 Å². The summed E-state index contributed by atoms with van der Waals surface area (Å²) in [5.74, 6) is 2.76. The van der Waals surface area contributed by atoms with Crippen LogP contribution >= 0.6 is 0 Å². The first-order chi connectivity index (χ1) is 14.2. The lowest BCUT2D eigenvalue weighted by molar-refractivity contribution is 0.324. The molecular formula is C22H24N4O3. The number of ether oxygens (including phenoxy) is 3. The van der Waals surface area contributed by atoms with Crippen LogP contribution in [0.5, 0.6) is 17.2 Å². The molecule has 2 N–H and O–H groups in total. The van der Waals surface area contributed by atoms with E-state index in [1.807, 2.05) is 48.5 Å². The summed E-state index contributed by atoms with van der Waals surface area (Å²) in [5.41, 5.74) is 2.53. The molecule has 0 bridgehead atoms. The molecule has 0 aliphatic carbocycles. The fraction of sp³-hybridized carbons (Fsp3) is 0.182. The molecule has 0 aliphatic rings. The van der Waals surface area contributed by atoms with E-state index in [1.54, 1.807) is 27.4 Å². The first-order valence-corrected chi connectivity index (χ1v) is 9.04. The molecule has 0 spiro atoms. The SMILES string of the molecule is C=CCNc1nc(Nc2cc(OC)c(OC)c(OC)c2)cc(-c2ccccc2)n1. The summed E-state index contributed by atoms with van der Waals surface area (Å²) in [4.78, 5) is 9.15. The second-order valence-electron chi connectivity index (χ2n) is 6.04. The van der Waals surface area contributed by atoms with Gasteiger partial charge in [0.2, 0.25) is 11.7 Å². The molecule has 0 radical (unpaired) electrons. The number of hydrogen-bond acceptors (Lipinski definition) is 7. The number of aromatic nitrogens is 2. The van der Waals surface area contributed by atoms with Gasteiger partial charge in [0.1, 0.15) is 5.82 Å². The third kappa shape index (κ3) is 4.76. The summed E-state index contributed by atoms with van der Waals surface area (Å²) in [6.45, 7) is 4.29. The van der Waals surface area contributed by atoms with Crippen molar-refractivity contribution in [3.05, 3.63) is 61.2 Å². The largest absolute Gasteiger partial charge is 0.493 e. The van der Waals surface area contributed by atoms with E-state index in [-0.39, 0.29) is 0 Å². The molecule has 7 nitrogen and oxygen atoms in total. The van der Waals surface area contributed by atoms with Gasteiger partial charge in [0, 0.05) is 36.0 Å². The maximum Gasteiger partial charge on any atom is 0.225 e.